The fourth-order valence-electron chi connectivity index (χ4n) is 2.04. The van der Waals surface area contributed by atoms with E-state index in [1.807, 2.05) is 29.2 Å². The third-order valence-corrected chi connectivity index (χ3v) is 3.15. The van der Waals surface area contributed by atoms with E-state index in [2.05, 4.69) is 0 Å². The highest BCUT2D eigenvalue weighted by atomic mass is 16.5. The number of nitrogens with zero attached hydrogens (tertiary/aromatic N) is 1. The number of hydrogen-bond donors (Lipinski definition) is 2. The van der Waals surface area contributed by atoms with E-state index >= 15 is 0 Å². The average Bonchev–Trinajstić information content (AvgIpc) is 2.74. The van der Waals surface area contributed by atoms with Gasteiger partial charge in [0.05, 0.1) is 7.11 Å². The predicted octanol–water partition coefficient (Wildman–Crippen LogP) is 0.687. The van der Waals surface area contributed by atoms with Gasteiger partial charge in [-0.05, 0) is 18.6 Å². The monoisotopic (exact) mass is 236 g/mol. The molecule has 0 aliphatic carbocycles. The Morgan fingerprint density at radius 1 is 1.59 bits per heavy atom. The lowest BCUT2D eigenvalue weighted by Gasteiger charge is -2.22. The fourth-order valence-corrected chi connectivity index (χ4v) is 2.04. The molecule has 1 unspecified atom stereocenters. The van der Waals surface area contributed by atoms with E-state index in [0.29, 0.717) is 19.5 Å². The number of anilines is 1. The van der Waals surface area contributed by atoms with E-state index in [1.54, 1.807) is 7.11 Å². The number of carbonyl (C=O) groups is 1. The fraction of sp³-hybridized carbons (Fsp3) is 0.417. The zero-order valence-corrected chi connectivity index (χ0v) is 9.72. The van der Waals surface area contributed by atoms with Gasteiger partial charge in [0.15, 0.2) is 0 Å². The molecule has 1 aromatic carbocycles. The highest BCUT2D eigenvalue weighted by Gasteiger charge is 2.41. The van der Waals surface area contributed by atoms with Crippen LogP contribution in [-0.2, 0) is 4.79 Å². The minimum Gasteiger partial charge on any atom is -0.497 e. The third kappa shape index (κ3) is 2.19. The Balaban J connectivity index is 2.17. The highest BCUT2D eigenvalue weighted by Crippen LogP contribution is 2.27. The molecule has 92 valence electrons. The first-order chi connectivity index (χ1) is 8.05. The van der Waals surface area contributed by atoms with Gasteiger partial charge in [-0.3, -0.25) is 4.79 Å². The third-order valence-electron chi connectivity index (χ3n) is 3.15. The SMILES string of the molecule is COc1cccc(N2CCC(N)(C(=O)O)C2)c1. The molecule has 17 heavy (non-hydrogen) atoms. The summed E-state index contributed by atoms with van der Waals surface area (Å²) in [5, 5.41) is 9.06. The van der Waals surface area contributed by atoms with E-state index < -0.39 is 11.5 Å². The zero-order chi connectivity index (χ0) is 12.5. The molecule has 0 bridgehead atoms. The molecule has 2 rings (SSSR count). The Kier molecular flexibility index (Phi) is 2.93. The summed E-state index contributed by atoms with van der Waals surface area (Å²) in [6.07, 6.45) is 0.458. The van der Waals surface area contributed by atoms with E-state index in [4.69, 9.17) is 15.6 Å². The van der Waals surface area contributed by atoms with Gasteiger partial charge in [0.2, 0.25) is 0 Å². The molecule has 1 saturated heterocycles. The number of nitrogens with two attached hydrogens (primary N) is 1. The van der Waals surface area contributed by atoms with Crippen molar-refractivity contribution in [2.75, 3.05) is 25.1 Å². The van der Waals surface area contributed by atoms with Crippen LogP contribution in [-0.4, -0.2) is 36.8 Å². The lowest BCUT2D eigenvalue weighted by atomic mass is 10.0. The van der Waals surface area contributed by atoms with Crippen molar-refractivity contribution in [1.82, 2.24) is 0 Å². The van der Waals surface area contributed by atoms with Gasteiger partial charge in [-0.2, -0.15) is 0 Å². The van der Waals surface area contributed by atoms with Crippen LogP contribution in [0.3, 0.4) is 0 Å². The molecule has 1 aliphatic rings. The highest BCUT2D eigenvalue weighted by molar-refractivity contribution is 5.80. The molecule has 1 aliphatic heterocycles. The van der Waals surface area contributed by atoms with Gasteiger partial charge in [-0.15, -0.1) is 0 Å². The Bertz CT molecular complexity index is 436. The smallest absolute Gasteiger partial charge is 0.325 e. The molecule has 1 heterocycles. The Labute approximate surface area is 99.8 Å². The molecule has 0 radical (unpaired) electrons. The van der Waals surface area contributed by atoms with E-state index in [1.165, 1.54) is 0 Å². The number of ether oxygens (including phenoxy) is 1. The molecule has 0 spiro atoms. The van der Waals surface area contributed by atoms with Gasteiger partial charge >= 0.3 is 5.97 Å². The van der Waals surface area contributed by atoms with Gasteiger partial charge in [-0.25, -0.2) is 0 Å². The molecule has 5 heteroatoms. The van der Waals surface area contributed by atoms with Gasteiger partial charge < -0.3 is 20.5 Å². The van der Waals surface area contributed by atoms with Crippen molar-refractivity contribution in [3.8, 4) is 5.75 Å². The summed E-state index contributed by atoms with van der Waals surface area (Å²) in [5.74, 6) is -0.185. The summed E-state index contributed by atoms with van der Waals surface area (Å²) in [7, 11) is 1.60. The predicted molar refractivity (Wildman–Crippen MR) is 64.4 cm³/mol. The van der Waals surface area contributed by atoms with Crippen LogP contribution in [0.4, 0.5) is 5.69 Å². The molecular formula is C12H16N2O3. The summed E-state index contributed by atoms with van der Waals surface area (Å²) >= 11 is 0. The van der Waals surface area contributed by atoms with Crippen LogP contribution in [0.2, 0.25) is 0 Å². The van der Waals surface area contributed by atoms with Crippen molar-refractivity contribution in [2.45, 2.75) is 12.0 Å². The van der Waals surface area contributed by atoms with Gasteiger partial charge in [-0.1, -0.05) is 6.07 Å². The maximum atomic E-state index is 11.0. The topological polar surface area (TPSA) is 75.8 Å². The molecule has 3 N–H and O–H groups in total. The first-order valence-electron chi connectivity index (χ1n) is 5.46. The largest absolute Gasteiger partial charge is 0.497 e. The van der Waals surface area contributed by atoms with Crippen molar-refractivity contribution >= 4 is 11.7 Å². The maximum Gasteiger partial charge on any atom is 0.325 e. The molecule has 0 aromatic heterocycles. The van der Waals surface area contributed by atoms with Gasteiger partial charge in [0.1, 0.15) is 11.3 Å². The van der Waals surface area contributed by atoms with E-state index in [-0.39, 0.29) is 0 Å². The molecule has 1 atom stereocenters. The molecule has 1 fully saturated rings. The Hall–Kier alpha value is -1.75. The second-order valence-corrected chi connectivity index (χ2v) is 4.33. The van der Waals surface area contributed by atoms with Gasteiger partial charge in [0.25, 0.3) is 0 Å². The van der Waals surface area contributed by atoms with Crippen molar-refractivity contribution in [3.63, 3.8) is 0 Å². The number of carboxylic acid groups (broad SMARTS) is 1. The number of carboxylic acids is 1. The lowest BCUT2D eigenvalue weighted by Crippen LogP contribution is -2.50. The molecule has 0 amide bonds. The first kappa shape index (κ1) is 11.7. The van der Waals surface area contributed by atoms with Crippen LogP contribution in [0.1, 0.15) is 6.42 Å². The van der Waals surface area contributed by atoms with Crippen LogP contribution < -0.4 is 15.4 Å². The van der Waals surface area contributed by atoms with Crippen LogP contribution >= 0.6 is 0 Å². The first-order valence-corrected chi connectivity index (χ1v) is 5.46. The second kappa shape index (κ2) is 4.25. The van der Waals surface area contributed by atoms with E-state index in [9.17, 15) is 4.79 Å². The summed E-state index contributed by atoms with van der Waals surface area (Å²) in [6, 6.07) is 7.54. The van der Waals surface area contributed by atoms with Crippen molar-refractivity contribution < 1.29 is 14.6 Å². The Morgan fingerprint density at radius 3 is 2.94 bits per heavy atom. The Morgan fingerprint density at radius 2 is 2.35 bits per heavy atom. The number of methoxy groups -OCH3 is 1. The van der Waals surface area contributed by atoms with Crippen LogP contribution in [0.5, 0.6) is 5.75 Å². The zero-order valence-electron chi connectivity index (χ0n) is 9.72. The van der Waals surface area contributed by atoms with Crippen molar-refractivity contribution in [1.29, 1.82) is 0 Å². The average molecular weight is 236 g/mol. The number of benzene rings is 1. The summed E-state index contributed by atoms with van der Waals surface area (Å²) in [6.45, 7) is 0.978. The summed E-state index contributed by atoms with van der Waals surface area (Å²) in [4.78, 5) is 13.0. The maximum absolute atomic E-state index is 11.0. The molecular weight excluding hydrogens is 220 g/mol. The number of hydrogen-bond acceptors (Lipinski definition) is 4. The standard InChI is InChI=1S/C12H16N2O3/c1-17-10-4-2-3-9(7-10)14-6-5-12(13,8-14)11(15)16/h2-4,7H,5-6,8,13H2,1H3,(H,15,16). The normalized spacial score (nSPS) is 23.8. The minimum absolute atomic E-state index is 0.329. The van der Waals surface area contributed by atoms with Crippen LogP contribution in [0.15, 0.2) is 24.3 Å². The quantitative estimate of drug-likeness (QED) is 0.807. The van der Waals surface area contributed by atoms with Crippen molar-refractivity contribution in [3.05, 3.63) is 24.3 Å². The second-order valence-electron chi connectivity index (χ2n) is 4.33. The molecule has 1 aromatic rings. The van der Waals surface area contributed by atoms with Crippen molar-refractivity contribution in [2.24, 2.45) is 5.73 Å². The van der Waals surface area contributed by atoms with E-state index in [0.717, 1.165) is 11.4 Å². The lowest BCUT2D eigenvalue weighted by molar-refractivity contribution is -0.142. The van der Waals surface area contributed by atoms with Crippen LogP contribution in [0, 0.1) is 0 Å². The van der Waals surface area contributed by atoms with Crippen LogP contribution in [0.25, 0.3) is 0 Å². The number of aliphatic carboxylic acids is 1. The molecule has 0 saturated carbocycles. The summed E-state index contributed by atoms with van der Waals surface area (Å²) < 4.78 is 5.14. The van der Waals surface area contributed by atoms with Gasteiger partial charge in [0, 0.05) is 24.8 Å². The molecule has 5 nitrogen and oxygen atoms in total. The minimum atomic E-state index is -1.14. The summed E-state index contributed by atoms with van der Waals surface area (Å²) in [5.41, 5.74) is 5.63. The number of rotatable bonds is 3.